The maximum Gasteiger partial charge on any atom is 0.250 e. The summed E-state index contributed by atoms with van der Waals surface area (Å²) in [5, 5.41) is 12.9. The highest BCUT2D eigenvalue weighted by Gasteiger charge is 2.18. The molecule has 0 aromatic heterocycles. The Kier molecular flexibility index (Phi) is 8.35. The second-order valence-corrected chi connectivity index (χ2v) is 8.09. The van der Waals surface area contributed by atoms with E-state index >= 15 is 0 Å². The fourth-order valence-corrected chi connectivity index (χ4v) is 3.68. The van der Waals surface area contributed by atoms with E-state index in [1.54, 1.807) is 13.2 Å². The summed E-state index contributed by atoms with van der Waals surface area (Å²) in [4.78, 5) is 14.5. The first-order valence-corrected chi connectivity index (χ1v) is 11.0. The smallest absolute Gasteiger partial charge is 0.250 e. The first-order valence-electron chi connectivity index (χ1n) is 10.6. The summed E-state index contributed by atoms with van der Waals surface area (Å²) in [6.45, 7) is 4.37. The summed E-state index contributed by atoms with van der Waals surface area (Å²) >= 11 is 5.66. The maximum atomic E-state index is 12.6. The molecule has 170 valence electrons. The van der Waals surface area contributed by atoms with E-state index in [-0.39, 0.29) is 12.5 Å². The van der Waals surface area contributed by atoms with Crippen molar-refractivity contribution >= 4 is 35.0 Å². The Morgan fingerprint density at radius 3 is 2.42 bits per heavy atom. The number of aryl methyl sites for hydroxylation is 2. The van der Waals surface area contributed by atoms with Gasteiger partial charge in [-0.2, -0.15) is 0 Å². The molecule has 0 atom stereocenters. The van der Waals surface area contributed by atoms with Crippen LogP contribution in [0.2, 0.25) is 0 Å². The fraction of sp³-hybridized carbons (Fsp3) is 0.185. The lowest BCUT2D eigenvalue weighted by Gasteiger charge is -2.28. The van der Waals surface area contributed by atoms with Crippen molar-refractivity contribution in [1.29, 1.82) is 0 Å². The zero-order valence-electron chi connectivity index (χ0n) is 19.0. The molecular weight excluding hydrogens is 432 g/mol. The molecule has 33 heavy (non-hydrogen) atoms. The van der Waals surface area contributed by atoms with E-state index in [1.165, 1.54) is 6.08 Å². The first kappa shape index (κ1) is 24.2. The maximum absolute atomic E-state index is 12.6. The minimum Gasteiger partial charge on any atom is -0.497 e. The van der Waals surface area contributed by atoms with Crippen molar-refractivity contribution in [3.8, 4) is 5.75 Å². The number of hydrogen-bond donors (Lipinski definition) is 2. The van der Waals surface area contributed by atoms with Crippen molar-refractivity contribution in [3.63, 3.8) is 0 Å². The third kappa shape index (κ3) is 6.51. The molecule has 3 aromatic rings. The number of ether oxygens (including phenoxy) is 1. The number of thiocarbonyl (C=S) groups is 1. The number of nitrogens with one attached hydrogen (secondary N) is 1. The first-order chi connectivity index (χ1) is 15.9. The van der Waals surface area contributed by atoms with Crippen LogP contribution in [0.4, 0.5) is 5.69 Å². The molecule has 6 heteroatoms. The van der Waals surface area contributed by atoms with Crippen LogP contribution in [-0.2, 0) is 17.9 Å². The molecule has 0 aliphatic rings. The van der Waals surface area contributed by atoms with E-state index in [1.807, 2.05) is 85.5 Å². The van der Waals surface area contributed by atoms with Crippen molar-refractivity contribution in [2.75, 3.05) is 12.0 Å². The quantitative estimate of drug-likeness (QED) is 0.387. The minimum atomic E-state index is -0.318. The van der Waals surface area contributed by atoms with Gasteiger partial charge in [0.2, 0.25) is 5.91 Å². The van der Waals surface area contributed by atoms with Gasteiger partial charge in [0.25, 0.3) is 0 Å². The van der Waals surface area contributed by atoms with Gasteiger partial charge in [-0.1, -0.05) is 48.5 Å². The molecule has 0 heterocycles. The Hall–Kier alpha value is -3.48. The summed E-state index contributed by atoms with van der Waals surface area (Å²) in [5.74, 6) is 0.437. The SMILES string of the molecule is COc1ccc(C=CC(=O)NC(=S)N(Cc2ccccc2CO)c2cc(C)ccc2C)cc1. The van der Waals surface area contributed by atoms with Gasteiger partial charge in [-0.3, -0.25) is 10.1 Å². The van der Waals surface area contributed by atoms with Crippen molar-refractivity contribution in [2.45, 2.75) is 27.0 Å². The lowest BCUT2D eigenvalue weighted by Crippen LogP contribution is -2.42. The van der Waals surface area contributed by atoms with Gasteiger partial charge in [0.15, 0.2) is 5.11 Å². The monoisotopic (exact) mass is 460 g/mol. The zero-order valence-corrected chi connectivity index (χ0v) is 19.9. The van der Waals surface area contributed by atoms with Crippen LogP contribution in [0.25, 0.3) is 6.08 Å². The lowest BCUT2D eigenvalue weighted by molar-refractivity contribution is -0.115. The third-order valence-corrected chi connectivity index (χ3v) is 5.61. The topological polar surface area (TPSA) is 61.8 Å². The number of nitrogens with zero attached hydrogens (tertiary/aromatic N) is 1. The summed E-state index contributed by atoms with van der Waals surface area (Å²) in [6.07, 6.45) is 3.18. The normalized spacial score (nSPS) is 10.8. The van der Waals surface area contributed by atoms with Crippen molar-refractivity contribution in [3.05, 3.63) is 101 Å². The van der Waals surface area contributed by atoms with E-state index < -0.39 is 0 Å². The molecule has 0 saturated heterocycles. The van der Waals surface area contributed by atoms with Crippen LogP contribution in [-0.4, -0.2) is 23.2 Å². The lowest BCUT2D eigenvalue weighted by atomic mass is 10.1. The van der Waals surface area contributed by atoms with Crippen molar-refractivity contribution in [2.24, 2.45) is 0 Å². The average molecular weight is 461 g/mol. The number of carbonyl (C=O) groups excluding carboxylic acids is 1. The molecule has 0 saturated carbocycles. The van der Waals surface area contributed by atoms with E-state index in [2.05, 4.69) is 5.32 Å². The zero-order chi connectivity index (χ0) is 23.8. The molecule has 5 nitrogen and oxygen atoms in total. The van der Waals surface area contributed by atoms with E-state index in [0.29, 0.717) is 11.7 Å². The van der Waals surface area contributed by atoms with Crippen LogP contribution in [0.1, 0.15) is 27.8 Å². The van der Waals surface area contributed by atoms with E-state index in [4.69, 9.17) is 17.0 Å². The Bertz CT molecular complexity index is 1160. The third-order valence-electron chi connectivity index (χ3n) is 5.29. The number of hydrogen-bond acceptors (Lipinski definition) is 4. The van der Waals surface area contributed by atoms with Crippen LogP contribution < -0.4 is 15.0 Å². The molecule has 0 bridgehead atoms. The van der Waals surface area contributed by atoms with Gasteiger partial charge in [0, 0.05) is 11.8 Å². The molecule has 0 aliphatic carbocycles. The van der Waals surface area contributed by atoms with Crippen molar-refractivity contribution in [1.82, 2.24) is 5.32 Å². The molecule has 0 spiro atoms. The van der Waals surface area contributed by atoms with Crippen molar-refractivity contribution < 1.29 is 14.6 Å². The Labute approximate surface area is 200 Å². The molecular formula is C27H28N2O3S. The van der Waals surface area contributed by atoms with Crippen LogP contribution in [0.15, 0.2) is 72.8 Å². The van der Waals surface area contributed by atoms with Gasteiger partial charge in [-0.15, -0.1) is 0 Å². The van der Waals surface area contributed by atoms with Crippen LogP contribution in [0.5, 0.6) is 5.75 Å². The number of aliphatic hydroxyl groups is 1. The summed E-state index contributed by atoms with van der Waals surface area (Å²) in [5.41, 5.74) is 5.66. The summed E-state index contributed by atoms with van der Waals surface area (Å²) in [6, 6.07) is 21.2. The minimum absolute atomic E-state index is 0.0689. The van der Waals surface area contributed by atoms with Gasteiger partial charge in [0.1, 0.15) is 5.75 Å². The molecule has 1 amide bonds. The number of benzene rings is 3. The standard InChI is InChI=1S/C27H28N2O3S/c1-19-8-9-20(2)25(16-19)29(17-22-6-4-5-7-23(22)18-30)27(33)28-26(31)15-12-21-10-13-24(32-3)14-11-21/h4-16,30H,17-18H2,1-3H3,(H,28,31,33). The predicted octanol–water partition coefficient (Wildman–Crippen LogP) is 4.93. The second-order valence-electron chi connectivity index (χ2n) is 7.70. The van der Waals surface area contributed by atoms with Crippen LogP contribution in [0, 0.1) is 13.8 Å². The molecule has 3 rings (SSSR count). The van der Waals surface area contributed by atoms with E-state index in [0.717, 1.165) is 39.3 Å². The number of anilines is 1. The number of rotatable bonds is 7. The summed E-state index contributed by atoms with van der Waals surface area (Å²) < 4.78 is 5.16. The number of methoxy groups -OCH3 is 1. The van der Waals surface area contributed by atoms with Gasteiger partial charge >= 0.3 is 0 Å². The second kappa shape index (κ2) is 11.4. The van der Waals surface area contributed by atoms with Crippen LogP contribution in [0.3, 0.4) is 0 Å². The highest BCUT2D eigenvalue weighted by atomic mass is 32.1. The average Bonchev–Trinajstić information content (AvgIpc) is 2.83. The van der Waals surface area contributed by atoms with E-state index in [9.17, 15) is 9.90 Å². The Morgan fingerprint density at radius 2 is 1.76 bits per heavy atom. The summed E-state index contributed by atoms with van der Waals surface area (Å²) in [7, 11) is 1.61. The predicted molar refractivity (Wildman–Crippen MR) is 137 cm³/mol. The fourth-order valence-electron chi connectivity index (χ4n) is 3.41. The molecule has 0 radical (unpaired) electrons. The van der Waals surface area contributed by atoms with Gasteiger partial charge < -0.3 is 14.7 Å². The van der Waals surface area contributed by atoms with Gasteiger partial charge in [0.05, 0.1) is 20.3 Å². The number of aliphatic hydroxyl groups excluding tert-OH is 1. The molecule has 0 unspecified atom stereocenters. The largest absolute Gasteiger partial charge is 0.497 e. The molecule has 0 aliphatic heterocycles. The van der Waals surface area contributed by atoms with Gasteiger partial charge in [-0.25, -0.2) is 0 Å². The Balaban J connectivity index is 1.83. The Morgan fingerprint density at radius 1 is 1.06 bits per heavy atom. The number of amides is 1. The molecule has 0 fully saturated rings. The molecule has 2 N–H and O–H groups in total. The van der Waals surface area contributed by atoms with Crippen LogP contribution >= 0.6 is 12.2 Å². The number of carbonyl (C=O) groups is 1. The highest BCUT2D eigenvalue weighted by Crippen LogP contribution is 2.25. The molecule has 3 aromatic carbocycles. The van der Waals surface area contributed by atoms with Gasteiger partial charge in [-0.05, 0) is 78.2 Å². The highest BCUT2D eigenvalue weighted by molar-refractivity contribution is 7.80.